The molecule has 0 saturated heterocycles. The zero-order chi connectivity index (χ0) is 13.7. The summed E-state index contributed by atoms with van der Waals surface area (Å²) in [7, 11) is 0. The van der Waals surface area contributed by atoms with Gasteiger partial charge in [-0.15, -0.1) is 0 Å². The van der Waals surface area contributed by atoms with Crippen molar-refractivity contribution in [1.29, 1.82) is 0 Å². The average Bonchev–Trinajstić information content (AvgIpc) is 2.35. The summed E-state index contributed by atoms with van der Waals surface area (Å²) in [6.45, 7) is 1.37. The Balaban J connectivity index is 2.68. The van der Waals surface area contributed by atoms with Gasteiger partial charge >= 0.3 is 0 Å². The van der Waals surface area contributed by atoms with E-state index in [4.69, 9.17) is 0 Å². The highest BCUT2D eigenvalue weighted by molar-refractivity contribution is 8.13. The zero-order valence-electron chi connectivity index (χ0n) is 9.65. The minimum absolute atomic E-state index is 0.0769. The maximum Gasteiger partial charge on any atom is 0.269 e. The van der Waals surface area contributed by atoms with Gasteiger partial charge in [-0.1, -0.05) is 11.8 Å². The van der Waals surface area contributed by atoms with Gasteiger partial charge in [0.15, 0.2) is 5.12 Å². The van der Waals surface area contributed by atoms with Crippen LogP contribution >= 0.6 is 11.8 Å². The minimum atomic E-state index is -1.17. The number of hydrogen-bond donors (Lipinski definition) is 2. The van der Waals surface area contributed by atoms with E-state index in [1.807, 2.05) is 0 Å². The number of aliphatic hydroxyl groups excluding tert-OH is 2. The van der Waals surface area contributed by atoms with E-state index in [0.717, 1.165) is 11.8 Å². The lowest BCUT2D eigenvalue weighted by molar-refractivity contribution is -0.384. The first kappa shape index (κ1) is 14.6. The predicted octanol–water partition coefficient (Wildman–Crippen LogP) is 1.27. The average molecular weight is 271 g/mol. The van der Waals surface area contributed by atoms with Crippen molar-refractivity contribution in [2.24, 2.45) is 0 Å². The van der Waals surface area contributed by atoms with Gasteiger partial charge in [0.2, 0.25) is 0 Å². The first-order chi connectivity index (χ1) is 8.41. The number of thioether (sulfide) groups is 1. The molecule has 1 aromatic carbocycles. The molecule has 0 bridgehead atoms. The molecule has 2 atom stereocenters. The second-order valence-corrected chi connectivity index (χ2v) is 4.86. The van der Waals surface area contributed by atoms with Crippen molar-refractivity contribution < 1.29 is 19.9 Å². The van der Waals surface area contributed by atoms with Crippen molar-refractivity contribution >= 4 is 22.6 Å². The van der Waals surface area contributed by atoms with Crippen molar-refractivity contribution in [3.05, 3.63) is 39.9 Å². The Kier molecular flexibility index (Phi) is 5.26. The van der Waals surface area contributed by atoms with Gasteiger partial charge in [-0.25, -0.2) is 0 Å². The Morgan fingerprint density at radius 2 is 1.94 bits per heavy atom. The number of aliphatic hydroxyl groups is 2. The molecule has 18 heavy (non-hydrogen) atoms. The quantitative estimate of drug-likeness (QED) is 0.617. The third kappa shape index (κ3) is 4.10. The Labute approximate surface area is 108 Å². The van der Waals surface area contributed by atoms with Gasteiger partial charge < -0.3 is 10.2 Å². The molecular formula is C11H13NO5S. The van der Waals surface area contributed by atoms with E-state index in [1.165, 1.54) is 31.2 Å². The molecule has 0 aliphatic heterocycles. The Hall–Kier alpha value is -1.44. The van der Waals surface area contributed by atoms with Crippen LogP contribution in [0.1, 0.15) is 18.6 Å². The summed E-state index contributed by atoms with van der Waals surface area (Å²) in [6.07, 6.45) is -2.27. The van der Waals surface area contributed by atoms with Crippen LogP contribution in [0.3, 0.4) is 0 Å². The standard InChI is InChI=1S/C11H13NO5S/c1-7(13)18-6-10(14)11(15)8-2-4-9(5-3-8)12(16)17/h2-5,10-11,14-15H,6H2,1H3. The third-order valence-corrected chi connectivity index (χ3v) is 3.18. The smallest absolute Gasteiger partial charge is 0.269 e. The highest BCUT2D eigenvalue weighted by Crippen LogP contribution is 2.22. The number of carbonyl (C=O) groups excluding carboxylic acids is 1. The van der Waals surface area contributed by atoms with E-state index in [0.29, 0.717) is 5.56 Å². The maximum atomic E-state index is 10.7. The number of hydrogen-bond acceptors (Lipinski definition) is 6. The highest BCUT2D eigenvalue weighted by atomic mass is 32.2. The second-order valence-electron chi connectivity index (χ2n) is 3.66. The fourth-order valence-corrected chi connectivity index (χ4v) is 1.90. The lowest BCUT2D eigenvalue weighted by Gasteiger charge is -2.17. The summed E-state index contributed by atoms with van der Waals surface area (Å²) in [6, 6.07) is 5.27. The molecule has 0 aromatic heterocycles. The number of rotatable bonds is 5. The number of benzene rings is 1. The largest absolute Gasteiger partial charge is 0.389 e. The molecule has 2 unspecified atom stereocenters. The summed E-state index contributed by atoms with van der Waals surface area (Å²) in [5.74, 6) is 0.0769. The van der Waals surface area contributed by atoms with E-state index in [1.54, 1.807) is 0 Å². The summed E-state index contributed by atoms with van der Waals surface area (Å²) in [5, 5.41) is 29.7. The van der Waals surface area contributed by atoms with Crippen molar-refractivity contribution in [2.45, 2.75) is 19.1 Å². The normalized spacial score (nSPS) is 13.9. The zero-order valence-corrected chi connectivity index (χ0v) is 10.5. The Morgan fingerprint density at radius 1 is 1.39 bits per heavy atom. The van der Waals surface area contributed by atoms with Gasteiger partial charge in [-0.3, -0.25) is 14.9 Å². The molecular weight excluding hydrogens is 258 g/mol. The molecule has 7 heteroatoms. The lowest BCUT2D eigenvalue weighted by Crippen LogP contribution is -2.21. The summed E-state index contributed by atoms with van der Waals surface area (Å²) >= 11 is 0.913. The summed E-state index contributed by atoms with van der Waals surface area (Å²) in [5.41, 5.74) is 0.288. The molecule has 0 aliphatic carbocycles. The molecule has 98 valence electrons. The van der Waals surface area contributed by atoms with Crippen LogP contribution in [0.15, 0.2) is 24.3 Å². The molecule has 0 saturated carbocycles. The molecule has 0 spiro atoms. The van der Waals surface area contributed by atoms with Gasteiger partial charge in [0, 0.05) is 24.8 Å². The first-order valence-electron chi connectivity index (χ1n) is 5.15. The van der Waals surface area contributed by atoms with E-state index in [2.05, 4.69) is 0 Å². The molecule has 0 fully saturated rings. The van der Waals surface area contributed by atoms with Crippen LogP contribution in [0, 0.1) is 10.1 Å². The fourth-order valence-electron chi connectivity index (χ4n) is 1.31. The molecule has 0 heterocycles. The van der Waals surface area contributed by atoms with Crippen LogP contribution < -0.4 is 0 Å². The van der Waals surface area contributed by atoms with Crippen LogP contribution in [0.2, 0.25) is 0 Å². The first-order valence-corrected chi connectivity index (χ1v) is 6.14. The van der Waals surface area contributed by atoms with Crippen LogP contribution in [0.4, 0.5) is 5.69 Å². The van der Waals surface area contributed by atoms with E-state index < -0.39 is 17.1 Å². The number of nitro groups is 1. The summed E-state index contributed by atoms with van der Waals surface area (Å²) in [4.78, 5) is 20.6. The number of nitrogens with zero attached hydrogens (tertiary/aromatic N) is 1. The van der Waals surface area contributed by atoms with Crippen LogP contribution in [-0.2, 0) is 4.79 Å². The maximum absolute atomic E-state index is 10.7. The van der Waals surface area contributed by atoms with E-state index in [-0.39, 0.29) is 16.6 Å². The number of non-ortho nitro benzene ring substituents is 1. The van der Waals surface area contributed by atoms with Crippen molar-refractivity contribution in [3.8, 4) is 0 Å². The predicted molar refractivity (Wildman–Crippen MR) is 67.2 cm³/mol. The monoisotopic (exact) mass is 271 g/mol. The minimum Gasteiger partial charge on any atom is -0.389 e. The highest BCUT2D eigenvalue weighted by Gasteiger charge is 2.19. The second kappa shape index (κ2) is 6.48. The van der Waals surface area contributed by atoms with Crippen molar-refractivity contribution in [3.63, 3.8) is 0 Å². The van der Waals surface area contributed by atoms with Gasteiger partial charge in [0.25, 0.3) is 5.69 Å². The SMILES string of the molecule is CC(=O)SCC(O)C(O)c1ccc([N+](=O)[O-])cc1. The van der Waals surface area contributed by atoms with Gasteiger partial charge in [-0.05, 0) is 17.7 Å². The topological polar surface area (TPSA) is 101 Å². The van der Waals surface area contributed by atoms with Gasteiger partial charge in [-0.2, -0.15) is 0 Å². The number of carbonyl (C=O) groups is 1. The Morgan fingerprint density at radius 3 is 2.39 bits per heavy atom. The molecule has 2 N–H and O–H groups in total. The molecule has 6 nitrogen and oxygen atoms in total. The Bertz CT molecular complexity index is 434. The van der Waals surface area contributed by atoms with Crippen LogP contribution in [-0.4, -0.2) is 32.1 Å². The van der Waals surface area contributed by atoms with E-state index >= 15 is 0 Å². The summed E-state index contributed by atoms with van der Waals surface area (Å²) < 4.78 is 0. The third-order valence-electron chi connectivity index (χ3n) is 2.27. The van der Waals surface area contributed by atoms with Crippen LogP contribution in [0.5, 0.6) is 0 Å². The molecule has 0 amide bonds. The lowest BCUT2D eigenvalue weighted by atomic mass is 10.1. The van der Waals surface area contributed by atoms with Crippen molar-refractivity contribution in [1.82, 2.24) is 0 Å². The molecule has 0 aliphatic rings. The van der Waals surface area contributed by atoms with Crippen LogP contribution in [0.25, 0.3) is 0 Å². The molecule has 1 rings (SSSR count). The fraction of sp³-hybridized carbons (Fsp3) is 0.364. The number of nitro benzene ring substituents is 1. The molecule has 1 aromatic rings. The van der Waals surface area contributed by atoms with E-state index in [9.17, 15) is 25.1 Å². The molecule has 0 radical (unpaired) electrons. The van der Waals surface area contributed by atoms with Gasteiger partial charge in [0.05, 0.1) is 11.0 Å². The van der Waals surface area contributed by atoms with Crippen molar-refractivity contribution in [2.75, 3.05) is 5.75 Å². The van der Waals surface area contributed by atoms with Gasteiger partial charge in [0.1, 0.15) is 6.10 Å².